The van der Waals surface area contributed by atoms with Crippen LogP contribution in [0, 0.1) is 0 Å². The first-order valence-corrected chi connectivity index (χ1v) is 7.60. The average molecular weight is 335 g/mol. The number of nitrogen functional groups attached to an aromatic ring is 1. The van der Waals surface area contributed by atoms with Gasteiger partial charge in [-0.1, -0.05) is 17.8 Å². The lowest BCUT2D eigenvalue weighted by molar-refractivity contribution is -0.118. The maximum absolute atomic E-state index is 11.9. The zero-order chi connectivity index (χ0) is 16.2. The van der Waals surface area contributed by atoms with Crippen molar-refractivity contribution < 1.29 is 14.3 Å². The summed E-state index contributed by atoms with van der Waals surface area (Å²) < 4.78 is 11.3. The standard InChI is InChI=1S/C13H13N5O4S/c14-18-12(20)5-16-17-13(18)23-6-11(19)15-4-8-1-2-9-10(3-8)22-7-21-9/h1-3,5H,4,6-7,14H2,(H,15,19). The summed E-state index contributed by atoms with van der Waals surface area (Å²) in [5.41, 5.74) is 0.408. The first-order valence-electron chi connectivity index (χ1n) is 6.61. The van der Waals surface area contributed by atoms with Crippen LogP contribution in [0.1, 0.15) is 5.56 Å². The number of benzene rings is 1. The predicted molar refractivity (Wildman–Crippen MR) is 81.6 cm³/mol. The molecule has 1 aromatic heterocycles. The Hall–Kier alpha value is -2.75. The SMILES string of the molecule is Nn1c(SCC(=O)NCc2ccc3c(c2)OCO3)nncc1=O. The predicted octanol–water partition coefficient (Wildman–Crippen LogP) is -0.511. The van der Waals surface area contributed by atoms with E-state index in [-0.39, 0.29) is 23.6 Å². The molecule has 0 saturated carbocycles. The molecule has 3 rings (SSSR count). The van der Waals surface area contributed by atoms with Gasteiger partial charge in [0.15, 0.2) is 11.5 Å². The first-order chi connectivity index (χ1) is 11.1. The molecule has 0 bridgehead atoms. The lowest BCUT2D eigenvalue weighted by Gasteiger charge is -2.07. The van der Waals surface area contributed by atoms with Gasteiger partial charge in [0, 0.05) is 6.54 Å². The van der Waals surface area contributed by atoms with Crippen molar-refractivity contribution in [2.45, 2.75) is 11.7 Å². The van der Waals surface area contributed by atoms with Crippen LogP contribution < -0.4 is 26.2 Å². The highest BCUT2D eigenvalue weighted by molar-refractivity contribution is 7.99. The lowest BCUT2D eigenvalue weighted by atomic mass is 10.2. The van der Waals surface area contributed by atoms with Gasteiger partial charge in [-0.3, -0.25) is 9.59 Å². The van der Waals surface area contributed by atoms with E-state index in [0.717, 1.165) is 28.2 Å². The molecule has 23 heavy (non-hydrogen) atoms. The lowest BCUT2D eigenvalue weighted by Crippen LogP contribution is -2.30. The van der Waals surface area contributed by atoms with Gasteiger partial charge in [-0.25, -0.2) is 0 Å². The van der Waals surface area contributed by atoms with Crippen LogP contribution in [-0.4, -0.2) is 33.3 Å². The maximum Gasteiger partial charge on any atom is 0.291 e. The highest BCUT2D eigenvalue weighted by atomic mass is 32.2. The van der Waals surface area contributed by atoms with Crippen LogP contribution in [0.4, 0.5) is 0 Å². The van der Waals surface area contributed by atoms with Gasteiger partial charge in [-0.2, -0.15) is 9.77 Å². The van der Waals surface area contributed by atoms with Crippen molar-refractivity contribution in [3.63, 3.8) is 0 Å². The Morgan fingerprint density at radius 2 is 2.22 bits per heavy atom. The molecule has 1 aromatic carbocycles. The van der Waals surface area contributed by atoms with Crippen molar-refractivity contribution in [2.75, 3.05) is 18.4 Å². The molecule has 0 aliphatic carbocycles. The van der Waals surface area contributed by atoms with Crippen molar-refractivity contribution in [3.05, 3.63) is 40.3 Å². The van der Waals surface area contributed by atoms with E-state index in [0.29, 0.717) is 18.0 Å². The fraction of sp³-hybridized carbons (Fsp3) is 0.231. The third-order valence-corrected chi connectivity index (χ3v) is 3.96. The number of hydrogen-bond donors (Lipinski definition) is 2. The largest absolute Gasteiger partial charge is 0.454 e. The zero-order valence-corrected chi connectivity index (χ0v) is 12.7. The number of carbonyl (C=O) groups is 1. The number of aromatic nitrogens is 3. The van der Waals surface area contributed by atoms with Crippen LogP contribution in [0.25, 0.3) is 0 Å². The second kappa shape index (κ2) is 6.57. The summed E-state index contributed by atoms with van der Waals surface area (Å²) in [7, 11) is 0. The number of rotatable bonds is 5. The van der Waals surface area contributed by atoms with Crippen molar-refractivity contribution in [2.24, 2.45) is 0 Å². The van der Waals surface area contributed by atoms with Gasteiger partial charge in [0.25, 0.3) is 5.56 Å². The normalized spacial score (nSPS) is 12.2. The molecule has 9 nitrogen and oxygen atoms in total. The highest BCUT2D eigenvalue weighted by Crippen LogP contribution is 2.32. The van der Waals surface area contributed by atoms with Gasteiger partial charge in [0.2, 0.25) is 17.9 Å². The van der Waals surface area contributed by atoms with Crippen LogP contribution in [0.2, 0.25) is 0 Å². The van der Waals surface area contributed by atoms with E-state index in [9.17, 15) is 9.59 Å². The fourth-order valence-corrected chi connectivity index (χ4v) is 2.56. The molecule has 0 saturated heterocycles. The molecule has 1 aliphatic rings. The molecule has 1 aliphatic heterocycles. The minimum Gasteiger partial charge on any atom is -0.454 e. The quantitative estimate of drug-likeness (QED) is 0.553. The first kappa shape index (κ1) is 15.2. The van der Waals surface area contributed by atoms with E-state index < -0.39 is 5.56 Å². The molecule has 0 fully saturated rings. The minimum absolute atomic E-state index is 0.0693. The van der Waals surface area contributed by atoms with Gasteiger partial charge in [-0.15, -0.1) is 5.10 Å². The van der Waals surface area contributed by atoms with Gasteiger partial charge in [-0.05, 0) is 17.7 Å². The minimum atomic E-state index is -0.483. The number of hydrogen-bond acceptors (Lipinski definition) is 8. The van der Waals surface area contributed by atoms with Gasteiger partial charge >= 0.3 is 0 Å². The third-order valence-electron chi connectivity index (χ3n) is 3.01. The summed E-state index contributed by atoms with van der Waals surface area (Å²) in [5.74, 6) is 6.72. The van der Waals surface area contributed by atoms with E-state index >= 15 is 0 Å². The van der Waals surface area contributed by atoms with Crippen LogP contribution in [-0.2, 0) is 11.3 Å². The molecular weight excluding hydrogens is 322 g/mol. The molecule has 2 heterocycles. The van der Waals surface area contributed by atoms with Gasteiger partial charge < -0.3 is 20.6 Å². The molecule has 3 N–H and O–H groups in total. The number of nitrogens with zero attached hydrogens (tertiary/aromatic N) is 3. The van der Waals surface area contributed by atoms with Crippen molar-refractivity contribution >= 4 is 17.7 Å². The van der Waals surface area contributed by atoms with Crippen LogP contribution in [0.5, 0.6) is 11.5 Å². The number of ether oxygens (including phenoxy) is 2. The van der Waals surface area contributed by atoms with Crippen molar-refractivity contribution in [1.82, 2.24) is 20.2 Å². The molecule has 2 aromatic rings. The molecule has 0 spiro atoms. The molecule has 0 radical (unpaired) electrons. The number of nitrogens with two attached hydrogens (primary N) is 1. The van der Waals surface area contributed by atoms with E-state index in [1.165, 1.54) is 0 Å². The molecule has 120 valence electrons. The monoisotopic (exact) mass is 335 g/mol. The molecule has 0 unspecified atom stereocenters. The van der Waals surface area contributed by atoms with Crippen molar-refractivity contribution in [1.29, 1.82) is 0 Å². The Balaban J connectivity index is 1.52. The second-order valence-corrected chi connectivity index (χ2v) is 5.53. The molecule has 1 amide bonds. The van der Waals surface area contributed by atoms with Gasteiger partial charge in [0.05, 0.1) is 5.75 Å². The highest BCUT2D eigenvalue weighted by Gasteiger charge is 2.13. The van der Waals surface area contributed by atoms with Crippen LogP contribution >= 0.6 is 11.8 Å². The fourth-order valence-electron chi connectivity index (χ4n) is 1.86. The van der Waals surface area contributed by atoms with Crippen LogP contribution in [0.3, 0.4) is 0 Å². The number of thioether (sulfide) groups is 1. The second-order valence-electron chi connectivity index (χ2n) is 4.59. The summed E-state index contributed by atoms with van der Waals surface area (Å²) in [6, 6.07) is 5.46. The number of fused-ring (bicyclic) bond motifs is 1. The Bertz CT molecular complexity index is 794. The third kappa shape index (κ3) is 3.54. The van der Waals surface area contributed by atoms with E-state index in [2.05, 4.69) is 15.5 Å². The zero-order valence-electron chi connectivity index (χ0n) is 11.9. The Morgan fingerprint density at radius 3 is 3.09 bits per heavy atom. The number of carbonyl (C=O) groups excluding carboxylic acids is 1. The van der Waals surface area contributed by atoms with E-state index in [1.807, 2.05) is 12.1 Å². The summed E-state index contributed by atoms with van der Waals surface area (Å²) in [5, 5.41) is 10.2. The topological polar surface area (TPSA) is 121 Å². The van der Waals surface area contributed by atoms with E-state index in [4.69, 9.17) is 15.3 Å². The molecule has 0 atom stereocenters. The summed E-state index contributed by atoms with van der Waals surface area (Å²) in [6.45, 7) is 0.562. The molecular formula is C13H13N5O4S. The Kier molecular flexibility index (Phi) is 4.33. The van der Waals surface area contributed by atoms with Gasteiger partial charge in [0.1, 0.15) is 6.20 Å². The van der Waals surface area contributed by atoms with Crippen LogP contribution in [0.15, 0.2) is 34.3 Å². The number of nitrogens with one attached hydrogen (secondary N) is 1. The summed E-state index contributed by atoms with van der Waals surface area (Å²) in [4.78, 5) is 23.1. The van der Waals surface area contributed by atoms with E-state index in [1.54, 1.807) is 6.07 Å². The van der Waals surface area contributed by atoms with Crippen molar-refractivity contribution in [3.8, 4) is 11.5 Å². The Labute approximate surface area is 134 Å². The Morgan fingerprint density at radius 1 is 1.39 bits per heavy atom. The average Bonchev–Trinajstić information content (AvgIpc) is 3.02. The summed E-state index contributed by atoms with van der Waals surface area (Å²) in [6.07, 6.45) is 1.00. The maximum atomic E-state index is 11.9. The number of amides is 1. The smallest absolute Gasteiger partial charge is 0.291 e. The summed E-state index contributed by atoms with van der Waals surface area (Å²) >= 11 is 1.03. The molecule has 10 heteroatoms.